The maximum atomic E-state index is 8.78. The summed E-state index contributed by atoms with van der Waals surface area (Å²) >= 11 is 0. The van der Waals surface area contributed by atoms with Crippen LogP contribution in [0.5, 0.6) is 0 Å². The van der Waals surface area contributed by atoms with E-state index in [0.29, 0.717) is 11.7 Å². The van der Waals surface area contributed by atoms with Crippen LogP contribution in [0.3, 0.4) is 0 Å². The number of benzene rings is 2. The first-order chi connectivity index (χ1) is 17.5. The predicted molar refractivity (Wildman–Crippen MR) is 142 cm³/mol. The number of nitrogens with zero attached hydrogens (tertiary/aromatic N) is 4. The third kappa shape index (κ3) is 4.70. The molecule has 0 atom stereocenters. The lowest BCUT2D eigenvalue weighted by Crippen LogP contribution is -2.09. The average molecular weight is 481 g/mol. The fourth-order valence-electron chi connectivity index (χ4n) is 4.97. The van der Waals surface area contributed by atoms with Gasteiger partial charge in [0.2, 0.25) is 0 Å². The summed E-state index contributed by atoms with van der Waals surface area (Å²) in [7, 11) is 0. The molecule has 0 aliphatic heterocycles. The van der Waals surface area contributed by atoms with Gasteiger partial charge in [0.1, 0.15) is 22.9 Å². The molecule has 6 rings (SSSR count). The standard InChI is InChI=1S/C27H25N5.CH3NO2/c28-26-25-24(31-27(32(25)16-15-29-26)20-9-5-2-6-10-20)21-12-11-19-13-14-22(30-23(19)17-21)18-7-3-1-4-8-18;2-1(3)4/h1,3-4,7-8,11-17,20H,2,5-6,9-10H2,(H2,28,29);2H2,(H,3,4). The molecular formula is C28H28N6O2. The van der Waals surface area contributed by atoms with Gasteiger partial charge in [-0.15, -0.1) is 0 Å². The Morgan fingerprint density at radius 3 is 2.42 bits per heavy atom. The zero-order valence-corrected chi connectivity index (χ0v) is 19.8. The molecule has 0 saturated heterocycles. The van der Waals surface area contributed by atoms with E-state index in [1.807, 2.05) is 24.4 Å². The lowest BCUT2D eigenvalue weighted by atomic mass is 9.89. The third-order valence-corrected chi connectivity index (χ3v) is 6.62. The number of nitrogens with two attached hydrogens (primary N) is 2. The number of aromatic nitrogens is 4. The predicted octanol–water partition coefficient (Wildman–Crippen LogP) is 5.86. The molecule has 182 valence electrons. The highest BCUT2D eigenvalue weighted by atomic mass is 16.4. The number of imidazole rings is 1. The van der Waals surface area contributed by atoms with Crippen LogP contribution in [0.1, 0.15) is 43.8 Å². The van der Waals surface area contributed by atoms with Crippen molar-refractivity contribution in [2.75, 3.05) is 5.73 Å². The highest BCUT2D eigenvalue weighted by Gasteiger charge is 2.24. The number of carbonyl (C=O) groups is 1. The molecule has 3 aromatic heterocycles. The maximum absolute atomic E-state index is 8.78. The van der Waals surface area contributed by atoms with Crippen molar-refractivity contribution in [1.82, 2.24) is 19.4 Å². The van der Waals surface area contributed by atoms with Crippen molar-refractivity contribution in [1.29, 1.82) is 0 Å². The molecule has 8 heteroatoms. The van der Waals surface area contributed by atoms with E-state index in [-0.39, 0.29) is 0 Å². The van der Waals surface area contributed by atoms with Gasteiger partial charge in [-0.05, 0) is 25.0 Å². The molecule has 1 aliphatic rings. The Bertz CT molecular complexity index is 1520. The highest BCUT2D eigenvalue weighted by Crippen LogP contribution is 2.37. The van der Waals surface area contributed by atoms with Gasteiger partial charge in [0.25, 0.3) is 0 Å². The van der Waals surface area contributed by atoms with Crippen LogP contribution in [0.15, 0.2) is 73.1 Å². The summed E-state index contributed by atoms with van der Waals surface area (Å²) < 4.78 is 2.16. The Morgan fingerprint density at radius 2 is 1.67 bits per heavy atom. The SMILES string of the molecule is NC(=O)O.Nc1nccn2c(C3CCCCC3)nc(-c3ccc4ccc(-c5ccccc5)nc4c3)c12. The van der Waals surface area contributed by atoms with Crippen molar-refractivity contribution in [3.8, 4) is 22.5 Å². The second kappa shape index (κ2) is 10.0. The van der Waals surface area contributed by atoms with Gasteiger partial charge in [-0.1, -0.05) is 67.8 Å². The summed E-state index contributed by atoms with van der Waals surface area (Å²) in [5.74, 6) is 2.09. The Balaban J connectivity index is 0.000000623. The first-order valence-electron chi connectivity index (χ1n) is 12.1. The van der Waals surface area contributed by atoms with Crippen LogP contribution < -0.4 is 11.5 Å². The number of primary amides is 1. The minimum atomic E-state index is -1.33. The van der Waals surface area contributed by atoms with Crippen molar-refractivity contribution in [2.45, 2.75) is 38.0 Å². The normalized spacial score (nSPS) is 13.9. The van der Waals surface area contributed by atoms with Gasteiger partial charge < -0.3 is 16.6 Å². The molecule has 8 nitrogen and oxygen atoms in total. The third-order valence-electron chi connectivity index (χ3n) is 6.62. The summed E-state index contributed by atoms with van der Waals surface area (Å²) in [6.07, 6.45) is 8.64. The van der Waals surface area contributed by atoms with E-state index in [2.05, 4.69) is 57.6 Å². The molecule has 3 heterocycles. The van der Waals surface area contributed by atoms with Crippen LogP contribution in [0.2, 0.25) is 0 Å². The Labute approximate surface area is 208 Å². The fraction of sp³-hybridized carbons (Fsp3) is 0.214. The van der Waals surface area contributed by atoms with Crippen LogP contribution in [0.25, 0.3) is 38.9 Å². The smallest absolute Gasteiger partial charge is 0.402 e. The molecule has 5 aromatic rings. The first kappa shape index (κ1) is 23.3. The molecule has 5 N–H and O–H groups in total. The number of hydrogen-bond acceptors (Lipinski definition) is 5. The number of rotatable bonds is 3. The molecule has 2 aromatic carbocycles. The van der Waals surface area contributed by atoms with E-state index >= 15 is 0 Å². The second-order valence-electron chi connectivity index (χ2n) is 8.99. The van der Waals surface area contributed by atoms with E-state index in [4.69, 9.17) is 25.6 Å². The van der Waals surface area contributed by atoms with Gasteiger partial charge in [0.05, 0.1) is 11.2 Å². The van der Waals surface area contributed by atoms with E-state index in [1.54, 1.807) is 6.20 Å². The van der Waals surface area contributed by atoms with Crippen molar-refractivity contribution in [3.63, 3.8) is 0 Å². The molecule has 0 unspecified atom stereocenters. The largest absolute Gasteiger partial charge is 0.465 e. The van der Waals surface area contributed by atoms with Gasteiger partial charge in [0, 0.05) is 34.8 Å². The second-order valence-corrected chi connectivity index (χ2v) is 8.99. The summed E-state index contributed by atoms with van der Waals surface area (Å²) in [5, 5.41) is 8.30. The minimum Gasteiger partial charge on any atom is -0.465 e. The van der Waals surface area contributed by atoms with Gasteiger partial charge in [-0.2, -0.15) is 0 Å². The Morgan fingerprint density at radius 1 is 0.944 bits per heavy atom. The maximum Gasteiger partial charge on any atom is 0.402 e. The van der Waals surface area contributed by atoms with Crippen LogP contribution in [-0.2, 0) is 0 Å². The lowest BCUT2D eigenvalue weighted by molar-refractivity contribution is 0.205. The lowest BCUT2D eigenvalue weighted by Gasteiger charge is -2.20. The number of pyridine rings is 1. The van der Waals surface area contributed by atoms with E-state index in [1.165, 1.54) is 32.1 Å². The Kier molecular flexibility index (Phi) is 6.49. The van der Waals surface area contributed by atoms with Crippen molar-refractivity contribution in [3.05, 3.63) is 78.9 Å². The molecule has 0 spiro atoms. The molecule has 1 saturated carbocycles. The van der Waals surface area contributed by atoms with Crippen LogP contribution in [0, 0.1) is 0 Å². The monoisotopic (exact) mass is 480 g/mol. The molecule has 1 amide bonds. The molecular weight excluding hydrogens is 452 g/mol. The minimum absolute atomic E-state index is 0.468. The first-order valence-corrected chi connectivity index (χ1v) is 12.1. The molecule has 1 aliphatic carbocycles. The van der Waals surface area contributed by atoms with E-state index in [0.717, 1.165) is 44.8 Å². The molecule has 36 heavy (non-hydrogen) atoms. The summed E-state index contributed by atoms with van der Waals surface area (Å²) in [5.41, 5.74) is 16.2. The molecule has 1 fully saturated rings. The van der Waals surface area contributed by atoms with Gasteiger partial charge in [0.15, 0.2) is 0 Å². The number of nitrogen functional groups attached to an aromatic ring is 1. The summed E-state index contributed by atoms with van der Waals surface area (Å²) in [6.45, 7) is 0. The van der Waals surface area contributed by atoms with Crippen LogP contribution >= 0.6 is 0 Å². The zero-order chi connectivity index (χ0) is 25.1. The topological polar surface area (TPSA) is 132 Å². The van der Waals surface area contributed by atoms with E-state index < -0.39 is 6.09 Å². The van der Waals surface area contributed by atoms with Crippen molar-refractivity contribution in [2.24, 2.45) is 5.73 Å². The van der Waals surface area contributed by atoms with Crippen LogP contribution in [0.4, 0.5) is 10.6 Å². The van der Waals surface area contributed by atoms with Gasteiger partial charge in [-0.3, -0.25) is 4.40 Å². The Hall–Kier alpha value is -4.46. The number of amides is 1. The quantitative estimate of drug-likeness (QED) is 0.296. The number of carboxylic acid groups (broad SMARTS) is 1. The van der Waals surface area contributed by atoms with Crippen molar-refractivity contribution >= 4 is 28.3 Å². The summed E-state index contributed by atoms with van der Waals surface area (Å²) in [4.78, 5) is 23.2. The fourth-order valence-corrected chi connectivity index (χ4v) is 4.97. The molecule has 0 radical (unpaired) electrons. The van der Waals surface area contributed by atoms with Crippen molar-refractivity contribution < 1.29 is 9.90 Å². The zero-order valence-electron chi connectivity index (χ0n) is 19.8. The highest BCUT2D eigenvalue weighted by molar-refractivity contribution is 5.91. The molecule has 0 bridgehead atoms. The number of anilines is 1. The van der Waals surface area contributed by atoms with Gasteiger partial charge in [-0.25, -0.2) is 19.7 Å². The summed E-state index contributed by atoms with van der Waals surface area (Å²) in [6, 6.07) is 20.8. The number of fused-ring (bicyclic) bond motifs is 2. The van der Waals surface area contributed by atoms with Gasteiger partial charge >= 0.3 is 6.09 Å². The number of hydrogen-bond donors (Lipinski definition) is 3. The van der Waals surface area contributed by atoms with E-state index in [9.17, 15) is 0 Å². The average Bonchev–Trinajstić information content (AvgIpc) is 3.30. The van der Waals surface area contributed by atoms with Crippen LogP contribution in [-0.4, -0.2) is 30.6 Å².